The van der Waals surface area contributed by atoms with Crippen molar-refractivity contribution in [2.24, 2.45) is 5.10 Å². The van der Waals surface area contributed by atoms with E-state index in [1.807, 2.05) is 83.8 Å². The van der Waals surface area contributed by atoms with Gasteiger partial charge < -0.3 is 9.64 Å². The SMILES string of the molecule is COc1ccc(CN2C(=O)[C@@]3(NN=C(c4ccccc4)S3)c3ccccc32)cc1. The topological polar surface area (TPSA) is 53.9 Å². The minimum atomic E-state index is -0.922. The standard InChI is InChI=1S/C23H19N3O2S/c1-28-18-13-11-16(12-14-18)15-26-20-10-6-5-9-19(20)23(22(26)27)25-24-21(29-23)17-7-3-2-4-8-17/h2-14,25H,15H2,1H3/t23-/m1/s1. The lowest BCUT2D eigenvalue weighted by Gasteiger charge is -2.23. The molecular weight excluding hydrogens is 382 g/mol. The summed E-state index contributed by atoms with van der Waals surface area (Å²) in [6.07, 6.45) is 0. The number of anilines is 1. The van der Waals surface area contributed by atoms with Crippen molar-refractivity contribution in [3.63, 3.8) is 0 Å². The third-order valence-corrected chi connectivity index (χ3v) is 6.52. The third kappa shape index (κ3) is 2.87. The van der Waals surface area contributed by atoms with Crippen molar-refractivity contribution in [3.05, 3.63) is 95.6 Å². The van der Waals surface area contributed by atoms with E-state index in [0.717, 1.165) is 33.2 Å². The summed E-state index contributed by atoms with van der Waals surface area (Å²) in [5, 5.41) is 5.34. The van der Waals surface area contributed by atoms with Crippen molar-refractivity contribution in [2.45, 2.75) is 11.4 Å². The second kappa shape index (κ2) is 6.97. The number of nitrogens with zero attached hydrogens (tertiary/aromatic N) is 2. The molecule has 5 nitrogen and oxygen atoms in total. The predicted molar refractivity (Wildman–Crippen MR) is 116 cm³/mol. The number of hydrogen-bond donors (Lipinski definition) is 1. The molecule has 3 aromatic rings. The number of hydrazone groups is 1. The van der Waals surface area contributed by atoms with E-state index < -0.39 is 4.87 Å². The first-order valence-electron chi connectivity index (χ1n) is 9.35. The lowest BCUT2D eigenvalue weighted by atomic mass is 10.1. The molecular formula is C23H19N3O2S. The fourth-order valence-corrected chi connectivity index (χ4v) is 4.93. The van der Waals surface area contributed by atoms with Crippen molar-refractivity contribution in [1.82, 2.24) is 5.43 Å². The fraction of sp³-hybridized carbons (Fsp3) is 0.130. The largest absolute Gasteiger partial charge is 0.497 e. The first-order valence-corrected chi connectivity index (χ1v) is 10.2. The van der Waals surface area contributed by atoms with Gasteiger partial charge in [-0.25, -0.2) is 0 Å². The summed E-state index contributed by atoms with van der Waals surface area (Å²) in [6.45, 7) is 0.491. The molecule has 0 saturated heterocycles. The van der Waals surface area contributed by atoms with Crippen LogP contribution in [0.1, 0.15) is 16.7 Å². The number of para-hydroxylation sites is 1. The van der Waals surface area contributed by atoms with Gasteiger partial charge in [0.15, 0.2) is 0 Å². The minimum absolute atomic E-state index is 0.00537. The monoisotopic (exact) mass is 401 g/mol. The van der Waals surface area contributed by atoms with Gasteiger partial charge in [-0.05, 0) is 23.8 Å². The number of benzene rings is 3. The van der Waals surface area contributed by atoms with E-state index in [-0.39, 0.29) is 5.91 Å². The number of rotatable bonds is 4. The Morgan fingerprint density at radius 3 is 2.48 bits per heavy atom. The highest BCUT2D eigenvalue weighted by atomic mass is 32.2. The van der Waals surface area contributed by atoms with Crippen molar-refractivity contribution >= 4 is 28.4 Å². The van der Waals surface area contributed by atoms with Gasteiger partial charge in [0.05, 0.1) is 19.3 Å². The molecule has 144 valence electrons. The number of ether oxygens (including phenoxy) is 1. The van der Waals surface area contributed by atoms with E-state index in [1.54, 1.807) is 7.11 Å². The number of hydrogen-bond acceptors (Lipinski definition) is 5. The number of thioether (sulfide) groups is 1. The molecule has 2 aliphatic rings. The molecule has 1 atom stereocenters. The molecule has 5 rings (SSSR count). The summed E-state index contributed by atoms with van der Waals surface area (Å²) in [6, 6.07) is 25.7. The van der Waals surface area contributed by atoms with E-state index in [0.29, 0.717) is 6.54 Å². The van der Waals surface area contributed by atoms with Crippen molar-refractivity contribution < 1.29 is 9.53 Å². The second-order valence-electron chi connectivity index (χ2n) is 6.93. The first kappa shape index (κ1) is 17.8. The van der Waals surface area contributed by atoms with E-state index in [1.165, 1.54) is 11.8 Å². The summed E-state index contributed by atoms with van der Waals surface area (Å²) in [5.41, 5.74) is 7.06. The Morgan fingerprint density at radius 2 is 1.72 bits per heavy atom. The van der Waals surface area contributed by atoms with Crippen LogP contribution in [0.5, 0.6) is 5.75 Å². The Morgan fingerprint density at radius 1 is 1.00 bits per heavy atom. The molecule has 0 fully saturated rings. The quantitative estimate of drug-likeness (QED) is 0.715. The Hall–Kier alpha value is -3.25. The molecule has 1 amide bonds. The summed E-state index contributed by atoms with van der Waals surface area (Å²) in [5.74, 6) is 0.793. The number of methoxy groups -OCH3 is 1. The summed E-state index contributed by atoms with van der Waals surface area (Å²) in [4.78, 5) is 14.5. The van der Waals surface area contributed by atoms with Gasteiger partial charge in [0.1, 0.15) is 10.8 Å². The van der Waals surface area contributed by atoms with Crippen LogP contribution >= 0.6 is 11.8 Å². The number of fused-ring (bicyclic) bond motifs is 2. The van der Waals surface area contributed by atoms with Gasteiger partial charge >= 0.3 is 0 Å². The van der Waals surface area contributed by atoms with Gasteiger partial charge in [-0.15, -0.1) is 0 Å². The van der Waals surface area contributed by atoms with Crippen LogP contribution in [-0.4, -0.2) is 18.1 Å². The molecule has 0 unspecified atom stereocenters. The van der Waals surface area contributed by atoms with Crippen molar-refractivity contribution in [3.8, 4) is 5.75 Å². The smallest absolute Gasteiger partial charge is 0.270 e. The molecule has 6 heteroatoms. The molecule has 0 aliphatic carbocycles. The maximum absolute atomic E-state index is 13.6. The summed E-state index contributed by atoms with van der Waals surface area (Å²) < 4.78 is 5.24. The third-order valence-electron chi connectivity index (χ3n) is 5.21. The minimum Gasteiger partial charge on any atom is -0.497 e. The number of carbonyl (C=O) groups is 1. The molecule has 0 radical (unpaired) electrons. The molecule has 2 heterocycles. The van der Waals surface area contributed by atoms with Crippen LogP contribution < -0.4 is 15.1 Å². The average molecular weight is 401 g/mol. The zero-order valence-corrected chi connectivity index (χ0v) is 16.6. The highest BCUT2D eigenvalue weighted by Gasteiger charge is 2.55. The lowest BCUT2D eigenvalue weighted by molar-refractivity contribution is -0.121. The summed E-state index contributed by atoms with van der Waals surface area (Å²) >= 11 is 1.47. The maximum Gasteiger partial charge on any atom is 0.270 e. The van der Waals surface area contributed by atoms with E-state index in [4.69, 9.17) is 4.74 Å². The van der Waals surface area contributed by atoms with Gasteiger partial charge in [-0.3, -0.25) is 10.2 Å². The number of amides is 1. The predicted octanol–water partition coefficient (Wildman–Crippen LogP) is 4.09. The summed E-state index contributed by atoms with van der Waals surface area (Å²) in [7, 11) is 1.65. The molecule has 0 aromatic heterocycles. The van der Waals surface area contributed by atoms with Gasteiger partial charge in [-0.2, -0.15) is 5.10 Å². The maximum atomic E-state index is 13.6. The van der Waals surface area contributed by atoms with E-state index in [9.17, 15) is 4.79 Å². The normalized spacial score (nSPS) is 19.8. The van der Waals surface area contributed by atoms with E-state index >= 15 is 0 Å². The molecule has 1 spiro atoms. The lowest BCUT2D eigenvalue weighted by Crippen LogP contribution is -2.44. The molecule has 29 heavy (non-hydrogen) atoms. The Labute approximate surface area is 173 Å². The van der Waals surface area contributed by atoms with Crippen molar-refractivity contribution in [1.29, 1.82) is 0 Å². The highest BCUT2D eigenvalue weighted by molar-refractivity contribution is 8.16. The van der Waals surface area contributed by atoms with E-state index in [2.05, 4.69) is 10.5 Å². The van der Waals surface area contributed by atoms with Crippen LogP contribution in [0.2, 0.25) is 0 Å². The van der Waals surface area contributed by atoms with Crippen LogP contribution in [0.15, 0.2) is 84.0 Å². The molecule has 0 saturated carbocycles. The van der Waals surface area contributed by atoms with Gasteiger partial charge in [-0.1, -0.05) is 72.4 Å². The van der Waals surface area contributed by atoms with Crippen LogP contribution in [0.4, 0.5) is 5.69 Å². The Balaban J connectivity index is 1.48. The van der Waals surface area contributed by atoms with Gasteiger partial charge in [0.2, 0.25) is 4.87 Å². The Kier molecular flexibility index (Phi) is 4.28. The van der Waals surface area contributed by atoms with Crippen LogP contribution in [0, 0.1) is 0 Å². The van der Waals surface area contributed by atoms with Crippen molar-refractivity contribution in [2.75, 3.05) is 12.0 Å². The zero-order chi connectivity index (χ0) is 19.8. The fourth-order valence-electron chi connectivity index (χ4n) is 3.72. The van der Waals surface area contributed by atoms with Gasteiger partial charge in [0, 0.05) is 11.1 Å². The second-order valence-corrected chi connectivity index (χ2v) is 8.14. The zero-order valence-electron chi connectivity index (χ0n) is 15.8. The molecule has 0 bridgehead atoms. The van der Waals surface area contributed by atoms with Crippen LogP contribution in [0.25, 0.3) is 0 Å². The molecule has 2 aliphatic heterocycles. The van der Waals surface area contributed by atoms with Gasteiger partial charge in [0.25, 0.3) is 5.91 Å². The highest BCUT2D eigenvalue weighted by Crippen LogP contribution is 2.50. The molecule has 1 N–H and O–H groups in total. The van der Waals surface area contributed by atoms with Crippen LogP contribution in [0.3, 0.4) is 0 Å². The van der Waals surface area contributed by atoms with Crippen LogP contribution in [-0.2, 0) is 16.2 Å². The average Bonchev–Trinajstić information content (AvgIpc) is 3.33. The number of nitrogens with one attached hydrogen (secondary N) is 1. The Bertz CT molecular complexity index is 1100. The molecule has 3 aromatic carbocycles. The first-order chi connectivity index (χ1) is 14.2. The number of carbonyl (C=O) groups excluding carboxylic acids is 1.